The van der Waals surface area contributed by atoms with E-state index in [0.29, 0.717) is 61.7 Å². The van der Waals surface area contributed by atoms with Crippen LogP contribution in [0.2, 0.25) is 0 Å². The zero-order valence-corrected chi connectivity index (χ0v) is 36.3. The number of sulfonamides is 2. The Morgan fingerprint density at radius 2 is 0.857 bits per heavy atom. The topological polar surface area (TPSA) is 90.5 Å². The first-order valence-electron chi connectivity index (χ1n) is 19.9. The molecule has 0 saturated heterocycles. The Bertz CT molecular complexity index is 1980. The summed E-state index contributed by atoms with van der Waals surface area (Å²) in [6, 6.07) is 26.8. The minimum atomic E-state index is -3.66. The lowest BCUT2D eigenvalue weighted by atomic mass is 9.74. The normalized spacial score (nSPS) is 14.0. The van der Waals surface area contributed by atoms with Gasteiger partial charge in [0.2, 0.25) is 20.0 Å². The van der Waals surface area contributed by atoms with Crippen LogP contribution in [-0.2, 0) is 38.3 Å². The molecule has 0 radical (unpaired) electrons. The highest BCUT2D eigenvalue weighted by atomic mass is 32.2. The maximum atomic E-state index is 13.9. The van der Waals surface area contributed by atoms with Crippen LogP contribution in [0.25, 0.3) is 0 Å². The maximum Gasteiger partial charge on any atom is 0.243 e. The van der Waals surface area contributed by atoms with Crippen LogP contribution >= 0.6 is 0 Å². The maximum absolute atomic E-state index is 13.9. The summed E-state index contributed by atoms with van der Waals surface area (Å²) >= 11 is 0. The van der Waals surface area contributed by atoms with E-state index >= 15 is 0 Å². The lowest BCUT2D eigenvalue weighted by Crippen LogP contribution is -2.34. The first kappa shape index (κ1) is 43.5. The molecular weight excluding hydrogens is 741 g/mol. The Balaban J connectivity index is 1.34. The molecule has 4 aromatic rings. The largest absolute Gasteiger partial charge is 0.456 e. The van der Waals surface area contributed by atoms with Crippen molar-refractivity contribution in [2.45, 2.75) is 81.4 Å². The molecule has 0 amide bonds. The van der Waals surface area contributed by atoms with Gasteiger partial charge in [-0.05, 0) is 129 Å². The lowest BCUT2D eigenvalue weighted by Gasteiger charge is -2.36. The molecule has 0 aromatic heterocycles. The fraction of sp³-hybridized carbons (Fsp3) is 0.467. The molecule has 56 heavy (non-hydrogen) atoms. The van der Waals surface area contributed by atoms with Gasteiger partial charge in [0, 0.05) is 42.7 Å². The summed E-state index contributed by atoms with van der Waals surface area (Å²) in [5.74, 6) is 1.68. The van der Waals surface area contributed by atoms with Gasteiger partial charge in [0.25, 0.3) is 0 Å². The second-order valence-electron chi connectivity index (χ2n) is 16.3. The molecule has 5 rings (SSSR count). The third kappa shape index (κ3) is 10.5. The second kappa shape index (κ2) is 18.8. The highest BCUT2D eigenvalue weighted by molar-refractivity contribution is 7.89. The van der Waals surface area contributed by atoms with E-state index in [1.807, 2.05) is 66.3 Å². The Morgan fingerprint density at radius 3 is 1.21 bits per heavy atom. The number of para-hydroxylation sites is 2. The zero-order chi connectivity index (χ0) is 40.7. The molecule has 11 heteroatoms. The lowest BCUT2D eigenvalue weighted by molar-refractivity contribution is 0.345. The van der Waals surface area contributed by atoms with Crippen molar-refractivity contribution in [2.24, 2.45) is 0 Å². The number of hydrogen-bond acceptors (Lipinski definition) is 7. The summed E-state index contributed by atoms with van der Waals surface area (Å²) in [6.45, 7) is 11.6. The average molecular weight is 803 g/mol. The summed E-state index contributed by atoms with van der Waals surface area (Å²) in [4.78, 5) is 4.80. The van der Waals surface area contributed by atoms with Gasteiger partial charge in [0.15, 0.2) is 0 Å². The van der Waals surface area contributed by atoms with Crippen molar-refractivity contribution >= 4 is 20.0 Å². The fourth-order valence-corrected chi connectivity index (χ4v) is 10.5. The number of hydrogen-bond donors (Lipinski definition) is 0. The smallest absolute Gasteiger partial charge is 0.243 e. The Kier molecular flexibility index (Phi) is 14.6. The zero-order valence-electron chi connectivity index (χ0n) is 34.7. The van der Waals surface area contributed by atoms with Crippen molar-refractivity contribution in [2.75, 3.05) is 67.5 Å². The molecule has 304 valence electrons. The van der Waals surface area contributed by atoms with Crippen LogP contribution in [0.5, 0.6) is 11.5 Å². The third-order valence-corrected chi connectivity index (χ3v) is 14.6. The quantitative estimate of drug-likeness (QED) is 0.0899. The molecule has 0 bridgehead atoms. The molecular formula is C45H62N4O5S2. The van der Waals surface area contributed by atoms with Gasteiger partial charge in [-0.25, -0.2) is 16.8 Å². The number of rotatable bonds is 20. The number of benzene rings is 4. The van der Waals surface area contributed by atoms with Crippen LogP contribution in [0.1, 0.15) is 72.9 Å². The predicted molar refractivity (Wildman–Crippen MR) is 228 cm³/mol. The van der Waals surface area contributed by atoms with Gasteiger partial charge < -0.3 is 14.5 Å². The van der Waals surface area contributed by atoms with Crippen LogP contribution in [-0.4, -0.2) is 103 Å². The average Bonchev–Trinajstić information content (AvgIpc) is 3.14. The number of aryl methyl sites for hydroxylation is 4. The highest BCUT2D eigenvalue weighted by Gasteiger charge is 2.36. The Hall–Kier alpha value is -3.58. The standard InChI is InChI=1S/C45H62N4O5S2/c1-35-21-25-39(26-22-35)55(50,51)48(33-13-29-46(5)6)31-11-17-37-15-9-19-41-43(37)54-44-38(16-10-20-42(44)45(41,3)4)18-12-32-49(34-14-30-47(7)8)56(52,53)40-27-23-36(2)24-28-40/h9-10,15-16,19-28H,11-14,17-18,29-34H2,1-8H3. The predicted octanol–water partition coefficient (Wildman–Crippen LogP) is 7.89. The van der Waals surface area contributed by atoms with Crippen molar-refractivity contribution < 1.29 is 21.6 Å². The molecule has 0 N–H and O–H groups in total. The van der Waals surface area contributed by atoms with Crippen LogP contribution < -0.4 is 4.74 Å². The molecule has 9 nitrogen and oxygen atoms in total. The van der Waals surface area contributed by atoms with Crippen molar-refractivity contribution in [3.63, 3.8) is 0 Å². The van der Waals surface area contributed by atoms with E-state index in [-0.39, 0.29) is 5.41 Å². The van der Waals surface area contributed by atoms with Gasteiger partial charge in [-0.2, -0.15) is 8.61 Å². The monoisotopic (exact) mass is 802 g/mol. The highest BCUT2D eigenvalue weighted by Crippen LogP contribution is 2.50. The summed E-state index contributed by atoms with van der Waals surface area (Å²) in [5.41, 5.74) is 6.01. The van der Waals surface area contributed by atoms with Crippen molar-refractivity contribution in [3.05, 3.63) is 118 Å². The fourth-order valence-electron chi connectivity index (χ4n) is 7.48. The van der Waals surface area contributed by atoms with Crippen LogP contribution in [0, 0.1) is 13.8 Å². The molecule has 0 aliphatic carbocycles. The minimum absolute atomic E-state index is 0.323. The molecule has 0 fully saturated rings. The minimum Gasteiger partial charge on any atom is -0.456 e. The van der Waals surface area contributed by atoms with Crippen LogP contribution in [0.15, 0.2) is 94.7 Å². The van der Waals surface area contributed by atoms with Gasteiger partial charge in [0.1, 0.15) is 11.5 Å². The molecule has 1 heterocycles. The van der Waals surface area contributed by atoms with E-state index in [2.05, 4.69) is 60.0 Å². The molecule has 0 atom stereocenters. The number of fused-ring (bicyclic) bond motifs is 2. The number of nitrogens with zero attached hydrogens (tertiary/aromatic N) is 4. The van der Waals surface area contributed by atoms with E-state index in [1.165, 1.54) is 0 Å². The van der Waals surface area contributed by atoms with Gasteiger partial charge in [-0.3, -0.25) is 0 Å². The SMILES string of the molecule is Cc1ccc(S(=O)(=O)N(CCCc2cccc3c2Oc2c(CCCN(CCCN(C)C)S(=O)(=O)c4ccc(C)cc4)cccc2C3(C)C)CCCN(C)C)cc1. The number of ether oxygens (including phenoxy) is 1. The molecule has 0 unspecified atom stereocenters. The molecule has 4 aromatic carbocycles. The van der Waals surface area contributed by atoms with E-state index < -0.39 is 20.0 Å². The van der Waals surface area contributed by atoms with Crippen LogP contribution in [0.4, 0.5) is 0 Å². The third-order valence-electron chi connectivity index (χ3n) is 10.8. The van der Waals surface area contributed by atoms with Crippen LogP contribution in [0.3, 0.4) is 0 Å². The first-order valence-corrected chi connectivity index (χ1v) is 22.8. The summed E-state index contributed by atoms with van der Waals surface area (Å²) in [6.07, 6.45) is 4.07. The van der Waals surface area contributed by atoms with Crippen molar-refractivity contribution in [1.29, 1.82) is 0 Å². The van der Waals surface area contributed by atoms with Crippen molar-refractivity contribution in [3.8, 4) is 11.5 Å². The molecule has 1 aliphatic heterocycles. The second-order valence-corrected chi connectivity index (χ2v) is 20.1. The summed E-state index contributed by atoms with van der Waals surface area (Å²) in [7, 11) is 0.682. The summed E-state index contributed by atoms with van der Waals surface area (Å²) in [5, 5.41) is 0. The van der Waals surface area contributed by atoms with E-state index in [4.69, 9.17) is 4.74 Å². The van der Waals surface area contributed by atoms with Gasteiger partial charge >= 0.3 is 0 Å². The Morgan fingerprint density at radius 1 is 0.500 bits per heavy atom. The molecule has 0 spiro atoms. The van der Waals surface area contributed by atoms with E-state index in [1.54, 1.807) is 32.9 Å². The first-order chi connectivity index (χ1) is 26.5. The van der Waals surface area contributed by atoms with Crippen molar-refractivity contribution in [1.82, 2.24) is 18.4 Å². The summed E-state index contributed by atoms with van der Waals surface area (Å²) < 4.78 is 65.6. The van der Waals surface area contributed by atoms with E-state index in [0.717, 1.165) is 70.8 Å². The van der Waals surface area contributed by atoms with Gasteiger partial charge in [-0.1, -0.05) is 85.6 Å². The van der Waals surface area contributed by atoms with E-state index in [9.17, 15) is 16.8 Å². The van der Waals surface area contributed by atoms with Gasteiger partial charge in [-0.15, -0.1) is 0 Å². The molecule has 1 aliphatic rings. The molecule has 0 saturated carbocycles. The Labute approximate surface area is 337 Å². The van der Waals surface area contributed by atoms with Gasteiger partial charge in [0.05, 0.1) is 9.79 Å².